The highest BCUT2D eigenvalue weighted by Crippen LogP contribution is 2.49. The number of hydrogen-bond acceptors (Lipinski definition) is 3. The SMILES string of the molecule is CCCCOc1ccc(C(SC(c2ccc(OCCCC)cc2)c2ccc([C@H]3CC[C@H](CC)CC3)cc2)c2ccc([C@H]3CC[C@H](CC)CC3)cc2)cc1. The van der Waals surface area contributed by atoms with Crippen LogP contribution in [0.25, 0.3) is 0 Å². The van der Waals surface area contributed by atoms with Gasteiger partial charge < -0.3 is 9.47 Å². The van der Waals surface area contributed by atoms with E-state index in [1.165, 1.54) is 97.6 Å². The van der Waals surface area contributed by atoms with E-state index in [4.69, 9.17) is 9.47 Å². The molecule has 2 nitrogen and oxygen atoms in total. The lowest BCUT2D eigenvalue weighted by molar-refractivity contribution is 0.309. The molecular weight excluding hydrogens is 665 g/mol. The summed E-state index contributed by atoms with van der Waals surface area (Å²) in [5, 5.41) is 0.332. The molecule has 6 rings (SSSR count). The second-order valence-corrected chi connectivity index (χ2v) is 17.2. The van der Waals surface area contributed by atoms with E-state index in [9.17, 15) is 0 Å². The minimum absolute atomic E-state index is 0.166. The second kappa shape index (κ2) is 20.5. The van der Waals surface area contributed by atoms with Gasteiger partial charge in [0.2, 0.25) is 0 Å². The Labute approximate surface area is 326 Å². The van der Waals surface area contributed by atoms with E-state index in [-0.39, 0.29) is 10.5 Å². The number of ether oxygens (including phenoxy) is 2. The fourth-order valence-electron chi connectivity index (χ4n) is 8.68. The van der Waals surface area contributed by atoms with E-state index in [1.54, 1.807) is 0 Å². The van der Waals surface area contributed by atoms with Crippen LogP contribution in [0.3, 0.4) is 0 Å². The summed E-state index contributed by atoms with van der Waals surface area (Å²) in [4.78, 5) is 0. The Bertz CT molecular complexity index is 1470. The second-order valence-electron chi connectivity index (χ2n) is 16.0. The number of benzene rings is 4. The molecule has 2 aliphatic carbocycles. The lowest BCUT2D eigenvalue weighted by Crippen LogP contribution is -2.13. The van der Waals surface area contributed by atoms with Crippen molar-refractivity contribution in [3.8, 4) is 11.5 Å². The quantitative estimate of drug-likeness (QED) is 0.0950. The van der Waals surface area contributed by atoms with Crippen molar-refractivity contribution < 1.29 is 9.47 Å². The van der Waals surface area contributed by atoms with E-state index >= 15 is 0 Å². The van der Waals surface area contributed by atoms with E-state index in [0.29, 0.717) is 11.8 Å². The maximum absolute atomic E-state index is 6.11. The van der Waals surface area contributed by atoms with E-state index in [0.717, 1.165) is 62.2 Å². The van der Waals surface area contributed by atoms with Crippen LogP contribution < -0.4 is 9.47 Å². The van der Waals surface area contributed by atoms with Crippen molar-refractivity contribution in [1.29, 1.82) is 0 Å². The molecule has 0 aromatic heterocycles. The summed E-state index contributed by atoms with van der Waals surface area (Å²) in [6, 6.07) is 37.4. The third-order valence-corrected chi connectivity index (χ3v) is 14.1. The molecule has 2 aliphatic rings. The molecule has 0 amide bonds. The van der Waals surface area contributed by atoms with Crippen LogP contribution in [-0.4, -0.2) is 13.2 Å². The zero-order chi connectivity index (χ0) is 36.8. The molecule has 2 unspecified atom stereocenters. The Balaban J connectivity index is 1.31. The van der Waals surface area contributed by atoms with Crippen LogP contribution in [0.4, 0.5) is 0 Å². The van der Waals surface area contributed by atoms with Crippen molar-refractivity contribution in [2.24, 2.45) is 11.8 Å². The van der Waals surface area contributed by atoms with Crippen molar-refractivity contribution in [2.45, 2.75) is 140 Å². The summed E-state index contributed by atoms with van der Waals surface area (Å²) in [5.74, 6) is 5.14. The predicted molar refractivity (Wildman–Crippen MR) is 228 cm³/mol. The summed E-state index contributed by atoms with van der Waals surface area (Å²) < 4.78 is 12.2. The molecule has 2 atom stereocenters. The van der Waals surface area contributed by atoms with Crippen molar-refractivity contribution in [2.75, 3.05) is 13.2 Å². The van der Waals surface area contributed by atoms with Gasteiger partial charge in [0.05, 0.1) is 23.7 Å². The summed E-state index contributed by atoms with van der Waals surface area (Å²) in [6.45, 7) is 10.7. The van der Waals surface area contributed by atoms with Gasteiger partial charge in [-0.15, -0.1) is 11.8 Å². The largest absolute Gasteiger partial charge is 0.494 e. The standard InChI is InChI=1S/C50H66O2S/c1-5-9-35-51-47-31-27-45(28-32-47)49(43-23-19-41(20-24-43)39-15-11-37(7-3)12-16-39)53-50(46-29-33-48(34-30-46)52-36-10-6-2)44-25-21-42(22-26-44)40-17-13-38(8-4)14-18-40/h19-34,37-40,49-50H,5-18,35-36H2,1-4H3/t37-,38-,39-,40-,49?,50?. The zero-order valence-corrected chi connectivity index (χ0v) is 34.1. The van der Waals surface area contributed by atoms with E-state index in [1.807, 2.05) is 0 Å². The zero-order valence-electron chi connectivity index (χ0n) is 33.2. The molecule has 0 heterocycles. The smallest absolute Gasteiger partial charge is 0.119 e. The topological polar surface area (TPSA) is 18.5 Å². The Kier molecular flexibility index (Phi) is 15.3. The third-order valence-electron chi connectivity index (χ3n) is 12.4. The van der Waals surface area contributed by atoms with Crippen molar-refractivity contribution in [3.05, 3.63) is 130 Å². The van der Waals surface area contributed by atoms with Crippen LogP contribution in [0, 0.1) is 11.8 Å². The highest BCUT2D eigenvalue weighted by molar-refractivity contribution is 8.00. The van der Waals surface area contributed by atoms with Crippen molar-refractivity contribution in [3.63, 3.8) is 0 Å². The molecule has 0 saturated heterocycles. The highest BCUT2D eigenvalue weighted by atomic mass is 32.2. The fraction of sp³-hybridized carbons (Fsp3) is 0.520. The minimum atomic E-state index is 0.166. The van der Waals surface area contributed by atoms with E-state index < -0.39 is 0 Å². The summed E-state index contributed by atoms with van der Waals surface area (Å²) in [6.07, 6.45) is 17.9. The first-order valence-electron chi connectivity index (χ1n) is 21.4. The van der Waals surface area contributed by atoms with Crippen LogP contribution in [0.15, 0.2) is 97.1 Å². The maximum Gasteiger partial charge on any atom is 0.119 e. The van der Waals surface area contributed by atoms with Gasteiger partial charge in [0.1, 0.15) is 11.5 Å². The Morgan fingerprint density at radius 1 is 0.453 bits per heavy atom. The van der Waals surface area contributed by atoms with Gasteiger partial charge in [0.15, 0.2) is 0 Å². The summed E-state index contributed by atoms with van der Waals surface area (Å²) in [5.41, 5.74) is 8.42. The molecule has 284 valence electrons. The van der Waals surface area contributed by atoms with Gasteiger partial charge in [-0.25, -0.2) is 0 Å². The molecule has 0 spiro atoms. The van der Waals surface area contributed by atoms with E-state index in [2.05, 4.69) is 137 Å². The molecule has 3 heteroatoms. The third kappa shape index (κ3) is 11.0. The molecular formula is C50H66O2S. The molecule has 0 bridgehead atoms. The van der Waals surface area contributed by atoms with Gasteiger partial charge in [-0.05, 0) is 146 Å². The Morgan fingerprint density at radius 2 is 0.774 bits per heavy atom. The summed E-state index contributed by atoms with van der Waals surface area (Å²) in [7, 11) is 0. The molecule has 2 saturated carbocycles. The van der Waals surface area contributed by atoms with Crippen LogP contribution in [0.1, 0.15) is 173 Å². The van der Waals surface area contributed by atoms with Gasteiger partial charge in [0, 0.05) is 0 Å². The first-order valence-corrected chi connectivity index (χ1v) is 22.3. The minimum Gasteiger partial charge on any atom is -0.494 e. The lowest BCUT2D eigenvalue weighted by atomic mass is 9.77. The molecule has 2 fully saturated rings. The molecule has 4 aromatic carbocycles. The first kappa shape index (κ1) is 39.5. The number of unbranched alkanes of at least 4 members (excludes halogenated alkanes) is 2. The number of rotatable bonds is 18. The number of thioether (sulfide) groups is 1. The van der Waals surface area contributed by atoms with Gasteiger partial charge in [0.25, 0.3) is 0 Å². The molecule has 53 heavy (non-hydrogen) atoms. The normalized spacial score (nSPS) is 21.5. The average Bonchev–Trinajstić information content (AvgIpc) is 3.22. The van der Waals surface area contributed by atoms with Crippen LogP contribution in [-0.2, 0) is 0 Å². The highest BCUT2D eigenvalue weighted by Gasteiger charge is 2.27. The monoisotopic (exact) mass is 730 g/mol. The van der Waals surface area contributed by atoms with Gasteiger partial charge >= 0.3 is 0 Å². The number of hydrogen-bond donors (Lipinski definition) is 0. The van der Waals surface area contributed by atoms with Crippen LogP contribution in [0.5, 0.6) is 11.5 Å². The maximum atomic E-state index is 6.11. The Hall–Kier alpha value is -3.17. The van der Waals surface area contributed by atoms with Crippen LogP contribution in [0.2, 0.25) is 0 Å². The van der Waals surface area contributed by atoms with Gasteiger partial charge in [-0.3, -0.25) is 0 Å². The lowest BCUT2D eigenvalue weighted by Gasteiger charge is -2.29. The van der Waals surface area contributed by atoms with Crippen LogP contribution >= 0.6 is 11.8 Å². The van der Waals surface area contributed by atoms with Gasteiger partial charge in [-0.2, -0.15) is 0 Å². The van der Waals surface area contributed by atoms with Gasteiger partial charge in [-0.1, -0.05) is 126 Å². The molecule has 4 aromatic rings. The molecule has 0 radical (unpaired) electrons. The fourth-order valence-corrected chi connectivity index (χ4v) is 10.2. The van der Waals surface area contributed by atoms with Crippen molar-refractivity contribution >= 4 is 11.8 Å². The predicted octanol–water partition coefficient (Wildman–Crippen LogP) is 15.0. The first-order chi connectivity index (χ1) is 26.1. The summed E-state index contributed by atoms with van der Waals surface area (Å²) >= 11 is 2.06. The Morgan fingerprint density at radius 3 is 1.08 bits per heavy atom. The molecule has 0 N–H and O–H groups in total. The molecule has 0 aliphatic heterocycles. The average molecular weight is 731 g/mol. The van der Waals surface area contributed by atoms with Crippen molar-refractivity contribution in [1.82, 2.24) is 0 Å².